The van der Waals surface area contributed by atoms with Crippen molar-refractivity contribution in [2.45, 2.75) is 38.3 Å². The lowest BCUT2D eigenvalue weighted by Crippen LogP contribution is -2.13. The number of aromatic amines is 1. The number of benzene rings is 2. The Hall–Kier alpha value is -3.32. The van der Waals surface area contributed by atoms with Crippen molar-refractivity contribution in [3.05, 3.63) is 82.2 Å². The van der Waals surface area contributed by atoms with Crippen molar-refractivity contribution < 1.29 is 9.32 Å². The van der Waals surface area contributed by atoms with E-state index in [2.05, 4.69) is 52.7 Å². The summed E-state index contributed by atoms with van der Waals surface area (Å²) < 4.78 is 5.24. The van der Waals surface area contributed by atoms with E-state index in [1.54, 1.807) is 11.8 Å². The highest BCUT2D eigenvalue weighted by Gasteiger charge is 2.16. The fraction of sp³-hybridized carbons (Fsp3) is 0.208. The number of aryl methyl sites for hydroxylation is 4. The van der Waals surface area contributed by atoms with Gasteiger partial charge in [-0.25, -0.2) is 0 Å². The van der Waals surface area contributed by atoms with Crippen molar-refractivity contribution in [2.75, 3.05) is 5.32 Å². The topological polar surface area (TPSA) is 83.8 Å². The fourth-order valence-corrected chi connectivity index (χ4v) is 4.69. The Morgan fingerprint density at radius 1 is 1.06 bits per heavy atom. The molecule has 0 saturated carbocycles. The first-order chi connectivity index (χ1) is 14.9. The van der Waals surface area contributed by atoms with E-state index in [4.69, 9.17) is 4.52 Å². The maximum atomic E-state index is 13.0. The summed E-state index contributed by atoms with van der Waals surface area (Å²) in [5.41, 5.74) is 6.81. The zero-order valence-electron chi connectivity index (χ0n) is 17.9. The van der Waals surface area contributed by atoms with Gasteiger partial charge in [-0.2, -0.15) is 5.10 Å². The second-order valence-corrected chi connectivity index (χ2v) is 8.60. The molecule has 0 aliphatic carbocycles. The molecular weight excluding hydrogens is 408 g/mol. The summed E-state index contributed by atoms with van der Waals surface area (Å²) in [6.07, 6.45) is 0. The molecule has 2 aromatic heterocycles. The van der Waals surface area contributed by atoms with Gasteiger partial charge in [0.15, 0.2) is 5.82 Å². The maximum absolute atomic E-state index is 13.0. The Morgan fingerprint density at radius 3 is 2.52 bits per heavy atom. The minimum atomic E-state index is -0.194. The molecule has 0 atom stereocenters. The van der Waals surface area contributed by atoms with Crippen LogP contribution in [0.25, 0.3) is 11.3 Å². The SMILES string of the molecule is Cc1cc(C)cc(-c2cc(NC(=O)c3ccccc3SCc3c(C)noc3C)n[nH]2)c1. The van der Waals surface area contributed by atoms with E-state index in [0.717, 1.165) is 33.2 Å². The summed E-state index contributed by atoms with van der Waals surface area (Å²) in [7, 11) is 0. The number of thioether (sulfide) groups is 1. The summed E-state index contributed by atoms with van der Waals surface area (Å²) in [6.45, 7) is 7.95. The van der Waals surface area contributed by atoms with Crippen LogP contribution in [-0.4, -0.2) is 21.3 Å². The van der Waals surface area contributed by atoms with E-state index >= 15 is 0 Å². The quantitative estimate of drug-likeness (QED) is 0.374. The monoisotopic (exact) mass is 432 g/mol. The van der Waals surface area contributed by atoms with Crippen molar-refractivity contribution in [1.29, 1.82) is 0 Å². The molecule has 2 aromatic carbocycles. The van der Waals surface area contributed by atoms with Crippen LogP contribution in [-0.2, 0) is 5.75 Å². The molecule has 2 heterocycles. The van der Waals surface area contributed by atoms with Gasteiger partial charge in [-0.05, 0) is 52.0 Å². The van der Waals surface area contributed by atoms with Crippen molar-refractivity contribution in [1.82, 2.24) is 15.4 Å². The highest BCUT2D eigenvalue weighted by molar-refractivity contribution is 7.98. The molecule has 0 saturated heterocycles. The Bertz CT molecular complexity index is 1200. The summed E-state index contributed by atoms with van der Waals surface area (Å²) in [4.78, 5) is 13.9. The third-order valence-electron chi connectivity index (χ3n) is 5.04. The van der Waals surface area contributed by atoms with E-state index in [1.807, 2.05) is 44.2 Å². The average Bonchev–Trinajstić information content (AvgIpc) is 3.32. The normalized spacial score (nSPS) is 11.0. The summed E-state index contributed by atoms with van der Waals surface area (Å²) in [5, 5.41) is 14.2. The van der Waals surface area contributed by atoms with Gasteiger partial charge in [0.25, 0.3) is 5.91 Å². The minimum Gasteiger partial charge on any atom is -0.361 e. The molecule has 0 radical (unpaired) electrons. The Kier molecular flexibility index (Phi) is 5.95. The zero-order chi connectivity index (χ0) is 22.0. The number of amides is 1. The number of hydrogen-bond donors (Lipinski definition) is 2. The highest BCUT2D eigenvalue weighted by atomic mass is 32.2. The number of anilines is 1. The van der Waals surface area contributed by atoms with Crippen LogP contribution in [0, 0.1) is 27.7 Å². The molecule has 4 rings (SSSR count). The van der Waals surface area contributed by atoms with Crippen LogP contribution in [0.15, 0.2) is 57.9 Å². The summed E-state index contributed by atoms with van der Waals surface area (Å²) >= 11 is 1.59. The van der Waals surface area contributed by atoms with Crippen molar-refractivity contribution in [3.63, 3.8) is 0 Å². The van der Waals surface area contributed by atoms with E-state index < -0.39 is 0 Å². The number of aromatic nitrogens is 3. The molecule has 1 amide bonds. The number of nitrogens with one attached hydrogen (secondary N) is 2. The summed E-state index contributed by atoms with van der Waals surface area (Å²) in [5.74, 6) is 1.79. The highest BCUT2D eigenvalue weighted by Crippen LogP contribution is 2.29. The van der Waals surface area contributed by atoms with Crippen LogP contribution >= 0.6 is 11.8 Å². The molecule has 0 aliphatic heterocycles. The van der Waals surface area contributed by atoms with Crippen LogP contribution in [0.3, 0.4) is 0 Å². The molecule has 0 aliphatic rings. The van der Waals surface area contributed by atoms with Gasteiger partial charge < -0.3 is 9.84 Å². The minimum absolute atomic E-state index is 0.194. The molecule has 0 bridgehead atoms. The van der Waals surface area contributed by atoms with Crippen LogP contribution in [0.2, 0.25) is 0 Å². The second kappa shape index (κ2) is 8.81. The van der Waals surface area contributed by atoms with Gasteiger partial charge in [-0.3, -0.25) is 9.89 Å². The van der Waals surface area contributed by atoms with Gasteiger partial charge >= 0.3 is 0 Å². The molecule has 2 N–H and O–H groups in total. The molecule has 31 heavy (non-hydrogen) atoms. The van der Waals surface area contributed by atoms with Gasteiger partial charge in [0.05, 0.1) is 17.0 Å². The molecule has 7 heteroatoms. The third-order valence-corrected chi connectivity index (χ3v) is 6.14. The predicted octanol–water partition coefficient (Wildman–Crippen LogP) is 5.84. The lowest BCUT2D eigenvalue weighted by atomic mass is 10.1. The van der Waals surface area contributed by atoms with E-state index in [0.29, 0.717) is 17.1 Å². The maximum Gasteiger partial charge on any atom is 0.257 e. The lowest BCUT2D eigenvalue weighted by Gasteiger charge is -2.08. The van der Waals surface area contributed by atoms with Crippen LogP contribution in [0.1, 0.15) is 38.5 Å². The second-order valence-electron chi connectivity index (χ2n) is 7.58. The first kappa shape index (κ1) is 20.9. The number of carbonyl (C=O) groups is 1. The smallest absolute Gasteiger partial charge is 0.257 e. The largest absolute Gasteiger partial charge is 0.361 e. The van der Waals surface area contributed by atoms with Crippen LogP contribution in [0.5, 0.6) is 0 Å². The van der Waals surface area contributed by atoms with Crippen molar-refractivity contribution in [3.8, 4) is 11.3 Å². The van der Waals surface area contributed by atoms with Gasteiger partial charge in [-0.15, -0.1) is 11.8 Å². The van der Waals surface area contributed by atoms with Gasteiger partial charge in [0, 0.05) is 27.8 Å². The van der Waals surface area contributed by atoms with E-state index in [1.165, 1.54) is 11.1 Å². The van der Waals surface area contributed by atoms with Crippen LogP contribution < -0.4 is 5.32 Å². The molecule has 6 nitrogen and oxygen atoms in total. The van der Waals surface area contributed by atoms with Gasteiger partial charge in [0.1, 0.15) is 5.76 Å². The molecule has 4 aromatic rings. The van der Waals surface area contributed by atoms with E-state index in [-0.39, 0.29) is 5.91 Å². The first-order valence-electron chi connectivity index (χ1n) is 9.99. The Balaban J connectivity index is 1.50. The first-order valence-corrected chi connectivity index (χ1v) is 11.0. The Morgan fingerprint density at radius 2 is 1.81 bits per heavy atom. The average molecular weight is 433 g/mol. The molecule has 0 spiro atoms. The molecule has 0 unspecified atom stereocenters. The number of H-pyrrole nitrogens is 1. The molecule has 158 valence electrons. The summed E-state index contributed by atoms with van der Waals surface area (Å²) in [6, 6.07) is 15.7. The van der Waals surface area contributed by atoms with Crippen LogP contribution in [0.4, 0.5) is 5.82 Å². The predicted molar refractivity (Wildman–Crippen MR) is 123 cm³/mol. The number of carbonyl (C=O) groups excluding carboxylic acids is 1. The lowest BCUT2D eigenvalue weighted by molar-refractivity contribution is 0.102. The zero-order valence-corrected chi connectivity index (χ0v) is 18.8. The number of hydrogen-bond acceptors (Lipinski definition) is 5. The third kappa shape index (κ3) is 4.72. The fourth-order valence-electron chi connectivity index (χ4n) is 3.49. The number of nitrogens with zero attached hydrogens (tertiary/aromatic N) is 2. The number of rotatable bonds is 6. The van der Waals surface area contributed by atoms with E-state index in [9.17, 15) is 4.79 Å². The standard InChI is InChI=1S/C24H24N4O2S/c1-14-9-15(2)11-18(10-14)21-12-23(27-26-21)25-24(29)19-7-5-6-8-22(19)31-13-20-16(3)28-30-17(20)4/h5-12H,13H2,1-4H3,(H2,25,26,27,29). The molecular formula is C24H24N4O2S. The van der Waals surface area contributed by atoms with Gasteiger partial charge in [-0.1, -0.05) is 34.5 Å². The Labute approximate surface area is 185 Å². The van der Waals surface area contributed by atoms with Crippen molar-refractivity contribution in [2.24, 2.45) is 0 Å². The van der Waals surface area contributed by atoms with Gasteiger partial charge in [0.2, 0.25) is 0 Å². The van der Waals surface area contributed by atoms with Crippen molar-refractivity contribution >= 4 is 23.5 Å². The molecule has 0 fully saturated rings.